The summed E-state index contributed by atoms with van der Waals surface area (Å²) in [7, 11) is 1.68. The van der Waals surface area contributed by atoms with Crippen molar-refractivity contribution in [2.75, 3.05) is 20.3 Å². The molecule has 3 nitrogen and oxygen atoms in total. The molecule has 0 aliphatic rings. The van der Waals surface area contributed by atoms with Gasteiger partial charge in [-0.05, 0) is 27.3 Å². The zero-order chi connectivity index (χ0) is 10.4. The van der Waals surface area contributed by atoms with E-state index in [9.17, 15) is 4.79 Å². The molecule has 0 saturated heterocycles. The quantitative estimate of drug-likeness (QED) is 0.628. The van der Waals surface area contributed by atoms with Gasteiger partial charge in [-0.15, -0.1) is 0 Å². The van der Waals surface area contributed by atoms with Gasteiger partial charge in [-0.2, -0.15) is 0 Å². The van der Waals surface area contributed by atoms with Crippen molar-refractivity contribution >= 4 is 5.78 Å². The Balaban J connectivity index is 4.22. The third-order valence-corrected chi connectivity index (χ3v) is 2.42. The molecule has 0 spiro atoms. The van der Waals surface area contributed by atoms with Crippen molar-refractivity contribution in [3.8, 4) is 0 Å². The number of methoxy groups -OCH3 is 1. The highest BCUT2D eigenvalue weighted by molar-refractivity contribution is 5.80. The lowest BCUT2D eigenvalue weighted by Crippen LogP contribution is -2.45. The molecule has 0 fully saturated rings. The van der Waals surface area contributed by atoms with Crippen molar-refractivity contribution in [2.24, 2.45) is 0 Å². The number of ether oxygens (including phenoxy) is 1. The van der Waals surface area contributed by atoms with Crippen LogP contribution in [0.2, 0.25) is 0 Å². The monoisotopic (exact) mass is 187 g/mol. The Bertz CT molecular complexity index is 159. The molecule has 0 aromatic carbocycles. The highest BCUT2D eigenvalue weighted by Gasteiger charge is 2.21. The highest BCUT2D eigenvalue weighted by Crippen LogP contribution is 2.06. The van der Waals surface area contributed by atoms with Crippen molar-refractivity contribution < 1.29 is 9.53 Å². The van der Waals surface area contributed by atoms with Crippen LogP contribution in [0.1, 0.15) is 27.7 Å². The molecular formula is C10H21NO2. The third kappa shape index (κ3) is 3.87. The average molecular weight is 187 g/mol. The number of Topliss-reactive ketones (excluding diaryl/α,β-unsaturated/α-hetero) is 1. The van der Waals surface area contributed by atoms with Gasteiger partial charge in [0.05, 0.1) is 12.6 Å². The maximum Gasteiger partial charge on any atom is 0.146 e. The zero-order valence-corrected chi connectivity index (χ0v) is 9.33. The van der Waals surface area contributed by atoms with E-state index in [-0.39, 0.29) is 11.8 Å². The minimum atomic E-state index is -0.00449. The molecule has 0 radical (unpaired) electrons. The molecule has 3 heteroatoms. The van der Waals surface area contributed by atoms with Gasteiger partial charge in [0.2, 0.25) is 0 Å². The number of hydrogen-bond acceptors (Lipinski definition) is 3. The molecule has 0 rings (SSSR count). The van der Waals surface area contributed by atoms with Crippen LogP contribution in [-0.2, 0) is 9.53 Å². The predicted octanol–water partition coefficient (Wildman–Crippen LogP) is 1.32. The Labute approximate surface area is 81.1 Å². The molecular weight excluding hydrogens is 166 g/mol. The maximum atomic E-state index is 11.2. The van der Waals surface area contributed by atoms with Gasteiger partial charge in [-0.1, -0.05) is 6.92 Å². The van der Waals surface area contributed by atoms with Crippen LogP contribution in [0.3, 0.4) is 0 Å². The van der Waals surface area contributed by atoms with Gasteiger partial charge in [0.1, 0.15) is 5.78 Å². The summed E-state index contributed by atoms with van der Waals surface area (Å²) in [6.07, 6.45) is 0. The lowest BCUT2D eigenvalue weighted by atomic mass is 10.1. The first-order valence-corrected chi connectivity index (χ1v) is 4.79. The first kappa shape index (κ1) is 12.6. The second-order valence-electron chi connectivity index (χ2n) is 3.42. The Morgan fingerprint density at radius 1 is 1.46 bits per heavy atom. The minimum absolute atomic E-state index is 0.00449. The summed E-state index contributed by atoms with van der Waals surface area (Å²) in [5.74, 6) is 0.213. The maximum absolute atomic E-state index is 11.2. The average Bonchev–Trinajstić information content (AvgIpc) is 2.05. The van der Waals surface area contributed by atoms with Gasteiger partial charge >= 0.3 is 0 Å². The van der Waals surface area contributed by atoms with Crippen LogP contribution in [0.4, 0.5) is 0 Å². The standard InChI is InChI=1S/C10H21NO2/c1-6-11(8(2)7-13-5)9(3)10(4)12/h8-9H,6-7H2,1-5H3. The smallest absolute Gasteiger partial charge is 0.146 e. The normalized spacial score (nSPS) is 15.8. The van der Waals surface area contributed by atoms with Crippen LogP contribution in [0.25, 0.3) is 0 Å². The molecule has 0 aliphatic carbocycles. The molecule has 0 saturated carbocycles. The van der Waals surface area contributed by atoms with E-state index in [1.54, 1.807) is 14.0 Å². The van der Waals surface area contributed by atoms with Crippen molar-refractivity contribution in [3.05, 3.63) is 0 Å². The van der Waals surface area contributed by atoms with Crippen LogP contribution in [-0.4, -0.2) is 43.0 Å². The molecule has 78 valence electrons. The number of ketones is 1. The largest absolute Gasteiger partial charge is 0.383 e. The first-order chi connectivity index (χ1) is 6.04. The molecule has 0 aromatic rings. The molecule has 2 unspecified atom stereocenters. The number of rotatable bonds is 6. The van der Waals surface area contributed by atoms with Gasteiger partial charge < -0.3 is 4.74 Å². The fourth-order valence-electron chi connectivity index (χ4n) is 1.54. The number of hydrogen-bond donors (Lipinski definition) is 0. The van der Waals surface area contributed by atoms with Gasteiger partial charge in [-0.3, -0.25) is 9.69 Å². The zero-order valence-electron chi connectivity index (χ0n) is 9.33. The molecule has 0 amide bonds. The summed E-state index contributed by atoms with van der Waals surface area (Å²) in [6.45, 7) is 9.26. The van der Waals surface area contributed by atoms with Crippen LogP contribution in [0, 0.1) is 0 Å². The summed E-state index contributed by atoms with van der Waals surface area (Å²) < 4.78 is 5.06. The Hall–Kier alpha value is -0.410. The van der Waals surface area contributed by atoms with Gasteiger partial charge in [-0.25, -0.2) is 0 Å². The van der Waals surface area contributed by atoms with Crippen LogP contribution >= 0.6 is 0 Å². The molecule has 0 aliphatic heterocycles. The second kappa shape index (κ2) is 6.11. The molecule has 0 heterocycles. The fourth-order valence-corrected chi connectivity index (χ4v) is 1.54. The van der Waals surface area contributed by atoms with Crippen molar-refractivity contribution in [3.63, 3.8) is 0 Å². The van der Waals surface area contributed by atoms with Gasteiger partial charge in [0, 0.05) is 13.2 Å². The molecule has 0 bridgehead atoms. The van der Waals surface area contributed by atoms with Crippen molar-refractivity contribution in [1.82, 2.24) is 4.90 Å². The van der Waals surface area contributed by atoms with E-state index in [1.165, 1.54) is 0 Å². The number of nitrogens with zero attached hydrogens (tertiary/aromatic N) is 1. The molecule has 2 atom stereocenters. The second-order valence-corrected chi connectivity index (χ2v) is 3.42. The van der Waals surface area contributed by atoms with E-state index < -0.39 is 0 Å². The van der Waals surface area contributed by atoms with Crippen molar-refractivity contribution in [2.45, 2.75) is 39.8 Å². The van der Waals surface area contributed by atoms with E-state index >= 15 is 0 Å². The van der Waals surface area contributed by atoms with E-state index in [2.05, 4.69) is 18.7 Å². The van der Waals surface area contributed by atoms with Crippen LogP contribution in [0.15, 0.2) is 0 Å². The Morgan fingerprint density at radius 3 is 2.31 bits per heavy atom. The van der Waals surface area contributed by atoms with Crippen LogP contribution in [0.5, 0.6) is 0 Å². The van der Waals surface area contributed by atoms with E-state index in [4.69, 9.17) is 4.74 Å². The Morgan fingerprint density at radius 2 is 2.00 bits per heavy atom. The summed E-state index contributed by atoms with van der Waals surface area (Å²) in [6, 6.07) is 0.295. The van der Waals surface area contributed by atoms with Gasteiger partial charge in [0.25, 0.3) is 0 Å². The number of carbonyl (C=O) groups is 1. The van der Waals surface area contributed by atoms with Gasteiger partial charge in [0.15, 0.2) is 0 Å². The first-order valence-electron chi connectivity index (χ1n) is 4.79. The number of carbonyl (C=O) groups excluding carboxylic acids is 1. The van der Waals surface area contributed by atoms with Crippen molar-refractivity contribution in [1.29, 1.82) is 0 Å². The van der Waals surface area contributed by atoms with E-state index in [0.717, 1.165) is 6.54 Å². The molecule has 0 N–H and O–H groups in total. The summed E-state index contributed by atoms with van der Waals surface area (Å²) in [5.41, 5.74) is 0. The van der Waals surface area contributed by atoms with E-state index in [0.29, 0.717) is 12.6 Å². The van der Waals surface area contributed by atoms with E-state index in [1.807, 2.05) is 6.92 Å². The minimum Gasteiger partial charge on any atom is -0.383 e. The Kier molecular flexibility index (Phi) is 5.91. The third-order valence-electron chi connectivity index (χ3n) is 2.42. The molecule has 0 aromatic heterocycles. The lowest BCUT2D eigenvalue weighted by molar-refractivity contribution is -0.122. The molecule has 13 heavy (non-hydrogen) atoms. The van der Waals surface area contributed by atoms with Crippen LogP contribution < -0.4 is 0 Å². The summed E-state index contributed by atoms with van der Waals surface area (Å²) >= 11 is 0. The summed E-state index contributed by atoms with van der Waals surface area (Å²) in [4.78, 5) is 13.3. The predicted molar refractivity (Wildman–Crippen MR) is 53.9 cm³/mol. The lowest BCUT2D eigenvalue weighted by Gasteiger charge is -2.31. The fraction of sp³-hybridized carbons (Fsp3) is 0.900. The SMILES string of the molecule is CCN(C(C)COC)C(C)C(C)=O. The highest BCUT2D eigenvalue weighted by atomic mass is 16.5. The summed E-state index contributed by atoms with van der Waals surface area (Å²) in [5, 5.41) is 0. The number of likely N-dealkylation sites (N-methyl/N-ethyl adjacent to an activating group) is 1. The topological polar surface area (TPSA) is 29.5 Å².